The van der Waals surface area contributed by atoms with Gasteiger partial charge in [-0.2, -0.15) is 0 Å². The van der Waals surface area contributed by atoms with Crippen LogP contribution in [0.4, 0.5) is 0 Å². The number of hydrogen-bond donors (Lipinski definition) is 2. The van der Waals surface area contributed by atoms with Gasteiger partial charge in [0.25, 0.3) is 5.91 Å². The molecule has 1 amide bonds. The molecule has 2 rings (SSSR count). The number of aromatic nitrogens is 1. The molecular weight excluding hydrogens is 280 g/mol. The number of nitrogens with one attached hydrogen (secondary N) is 1. The van der Waals surface area contributed by atoms with Crippen LogP contribution >= 0.6 is 0 Å². The maximum atomic E-state index is 12.1. The van der Waals surface area contributed by atoms with Crippen LogP contribution in [0, 0.1) is 0 Å². The fourth-order valence-electron chi connectivity index (χ4n) is 2.07. The largest absolute Gasteiger partial charge is 0.477 e. The number of benzene rings is 1. The first-order valence-electron chi connectivity index (χ1n) is 7.31. The Morgan fingerprint density at radius 3 is 2.77 bits per heavy atom. The fourth-order valence-corrected chi connectivity index (χ4v) is 2.07. The number of aliphatic hydroxyl groups excluding tert-OH is 1. The van der Waals surface area contributed by atoms with Crippen molar-refractivity contribution >= 4 is 5.91 Å². The number of amides is 1. The number of aliphatic hydroxyl groups is 1. The quantitative estimate of drug-likeness (QED) is 0.823. The highest BCUT2D eigenvalue weighted by Gasteiger charge is 2.13. The van der Waals surface area contributed by atoms with Gasteiger partial charge in [-0.1, -0.05) is 30.3 Å². The summed E-state index contributed by atoms with van der Waals surface area (Å²) in [7, 11) is 0. The van der Waals surface area contributed by atoms with E-state index in [4.69, 9.17) is 4.74 Å². The molecule has 0 fully saturated rings. The van der Waals surface area contributed by atoms with Crippen molar-refractivity contribution in [3.8, 4) is 5.88 Å². The van der Waals surface area contributed by atoms with Gasteiger partial charge in [0.1, 0.15) is 5.56 Å². The summed E-state index contributed by atoms with van der Waals surface area (Å²) in [6.45, 7) is 2.66. The molecule has 0 aliphatic heterocycles. The van der Waals surface area contributed by atoms with Crippen molar-refractivity contribution in [1.82, 2.24) is 10.3 Å². The van der Waals surface area contributed by atoms with Gasteiger partial charge in [-0.3, -0.25) is 4.79 Å². The standard InChI is InChI=1S/C17H20N2O3/c1-2-22-17-14(9-6-11-19-17)16(21)18-12-10-15(20)13-7-4-3-5-8-13/h3-9,11,15,20H,2,10,12H2,1H3,(H,18,21). The van der Waals surface area contributed by atoms with Gasteiger partial charge in [-0.25, -0.2) is 4.98 Å². The molecule has 0 spiro atoms. The van der Waals surface area contributed by atoms with Gasteiger partial charge in [0, 0.05) is 12.7 Å². The number of ether oxygens (including phenoxy) is 1. The molecule has 1 unspecified atom stereocenters. The van der Waals surface area contributed by atoms with E-state index in [9.17, 15) is 9.90 Å². The molecule has 1 heterocycles. The van der Waals surface area contributed by atoms with Gasteiger partial charge in [0.15, 0.2) is 0 Å². The molecule has 22 heavy (non-hydrogen) atoms. The zero-order chi connectivity index (χ0) is 15.8. The summed E-state index contributed by atoms with van der Waals surface area (Å²) in [5, 5.41) is 12.8. The van der Waals surface area contributed by atoms with Crippen LogP contribution < -0.4 is 10.1 Å². The maximum absolute atomic E-state index is 12.1. The van der Waals surface area contributed by atoms with Crippen LogP contribution in [0.5, 0.6) is 5.88 Å². The van der Waals surface area contributed by atoms with E-state index in [2.05, 4.69) is 10.3 Å². The second kappa shape index (κ2) is 8.14. The Labute approximate surface area is 130 Å². The Morgan fingerprint density at radius 1 is 1.27 bits per heavy atom. The average Bonchev–Trinajstić information content (AvgIpc) is 2.56. The molecule has 1 atom stereocenters. The highest BCUT2D eigenvalue weighted by atomic mass is 16.5. The normalized spacial score (nSPS) is 11.7. The van der Waals surface area contributed by atoms with E-state index in [0.717, 1.165) is 5.56 Å². The highest BCUT2D eigenvalue weighted by Crippen LogP contribution is 2.16. The number of nitrogens with zero attached hydrogens (tertiary/aromatic N) is 1. The summed E-state index contributed by atoms with van der Waals surface area (Å²) in [6.07, 6.45) is 1.43. The molecule has 116 valence electrons. The Kier molecular flexibility index (Phi) is 5.91. The zero-order valence-electron chi connectivity index (χ0n) is 12.5. The lowest BCUT2D eigenvalue weighted by Gasteiger charge is -2.12. The minimum atomic E-state index is -0.596. The van der Waals surface area contributed by atoms with Crippen LogP contribution in [-0.2, 0) is 0 Å². The minimum Gasteiger partial charge on any atom is -0.477 e. The van der Waals surface area contributed by atoms with E-state index < -0.39 is 6.10 Å². The van der Waals surface area contributed by atoms with Crippen LogP contribution in [0.3, 0.4) is 0 Å². The topological polar surface area (TPSA) is 71.5 Å². The summed E-state index contributed by atoms with van der Waals surface area (Å²) >= 11 is 0. The Hall–Kier alpha value is -2.40. The van der Waals surface area contributed by atoms with E-state index in [1.165, 1.54) is 0 Å². The molecule has 0 aliphatic carbocycles. The van der Waals surface area contributed by atoms with E-state index in [1.54, 1.807) is 18.3 Å². The number of pyridine rings is 1. The van der Waals surface area contributed by atoms with E-state index in [-0.39, 0.29) is 5.91 Å². The van der Waals surface area contributed by atoms with Gasteiger partial charge < -0.3 is 15.2 Å². The van der Waals surface area contributed by atoms with Crippen molar-refractivity contribution in [2.24, 2.45) is 0 Å². The lowest BCUT2D eigenvalue weighted by Crippen LogP contribution is -2.26. The molecule has 1 aromatic heterocycles. The van der Waals surface area contributed by atoms with Crippen molar-refractivity contribution in [2.75, 3.05) is 13.2 Å². The van der Waals surface area contributed by atoms with Crippen LogP contribution in [-0.4, -0.2) is 29.1 Å². The van der Waals surface area contributed by atoms with Crippen molar-refractivity contribution in [3.05, 3.63) is 59.8 Å². The second-order valence-electron chi connectivity index (χ2n) is 4.76. The Morgan fingerprint density at radius 2 is 2.05 bits per heavy atom. The summed E-state index contributed by atoms with van der Waals surface area (Å²) in [5.74, 6) is 0.0721. The number of hydrogen-bond acceptors (Lipinski definition) is 4. The number of carbonyl (C=O) groups excluding carboxylic acids is 1. The summed E-state index contributed by atoms with van der Waals surface area (Å²) in [5.41, 5.74) is 1.24. The number of carbonyl (C=O) groups is 1. The molecule has 0 aliphatic rings. The van der Waals surface area contributed by atoms with Gasteiger partial charge in [-0.05, 0) is 31.0 Å². The monoisotopic (exact) mass is 300 g/mol. The third kappa shape index (κ3) is 4.30. The van der Waals surface area contributed by atoms with Crippen molar-refractivity contribution < 1.29 is 14.6 Å². The summed E-state index contributed by atoms with van der Waals surface area (Å²) in [4.78, 5) is 16.2. The Balaban J connectivity index is 1.88. The van der Waals surface area contributed by atoms with E-state index in [0.29, 0.717) is 31.0 Å². The first kappa shape index (κ1) is 16.0. The van der Waals surface area contributed by atoms with Crippen molar-refractivity contribution in [2.45, 2.75) is 19.4 Å². The van der Waals surface area contributed by atoms with E-state index >= 15 is 0 Å². The zero-order valence-corrected chi connectivity index (χ0v) is 12.5. The SMILES string of the molecule is CCOc1ncccc1C(=O)NCCC(O)c1ccccc1. The smallest absolute Gasteiger partial charge is 0.256 e. The van der Waals surface area contributed by atoms with E-state index in [1.807, 2.05) is 37.3 Å². The molecule has 5 nitrogen and oxygen atoms in total. The lowest BCUT2D eigenvalue weighted by molar-refractivity contribution is 0.0938. The maximum Gasteiger partial charge on any atom is 0.256 e. The van der Waals surface area contributed by atoms with Gasteiger partial charge in [0.2, 0.25) is 5.88 Å². The molecule has 5 heteroatoms. The van der Waals surface area contributed by atoms with Gasteiger partial charge in [0.05, 0.1) is 12.7 Å². The average molecular weight is 300 g/mol. The predicted octanol–water partition coefficient (Wildman–Crippen LogP) is 2.33. The van der Waals surface area contributed by atoms with Gasteiger partial charge >= 0.3 is 0 Å². The second-order valence-corrected chi connectivity index (χ2v) is 4.76. The highest BCUT2D eigenvalue weighted by molar-refractivity contribution is 5.96. The molecule has 2 aromatic rings. The molecule has 0 saturated carbocycles. The first-order valence-corrected chi connectivity index (χ1v) is 7.31. The van der Waals surface area contributed by atoms with Crippen molar-refractivity contribution in [1.29, 1.82) is 0 Å². The molecule has 0 saturated heterocycles. The Bertz CT molecular complexity index is 602. The molecule has 2 N–H and O–H groups in total. The van der Waals surface area contributed by atoms with Crippen LogP contribution in [0.15, 0.2) is 48.7 Å². The minimum absolute atomic E-state index is 0.253. The summed E-state index contributed by atoms with van der Waals surface area (Å²) < 4.78 is 5.33. The molecule has 0 bridgehead atoms. The molecule has 0 radical (unpaired) electrons. The third-order valence-electron chi connectivity index (χ3n) is 3.18. The predicted molar refractivity (Wildman–Crippen MR) is 83.8 cm³/mol. The van der Waals surface area contributed by atoms with Crippen LogP contribution in [0.2, 0.25) is 0 Å². The number of rotatable bonds is 7. The van der Waals surface area contributed by atoms with Crippen LogP contribution in [0.1, 0.15) is 35.4 Å². The lowest BCUT2D eigenvalue weighted by atomic mass is 10.1. The van der Waals surface area contributed by atoms with Crippen LogP contribution in [0.25, 0.3) is 0 Å². The van der Waals surface area contributed by atoms with Crippen molar-refractivity contribution in [3.63, 3.8) is 0 Å². The third-order valence-corrected chi connectivity index (χ3v) is 3.18. The molecule has 1 aromatic carbocycles. The summed E-state index contributed by atoms with van der Waals surface area (Å²) in [6, 6.07) is 12.7. The molecular formula is C17H20N2O3. The first-order chi connectivity index (χ1) is 10.7. The fraction of sp³-hybridized carbons (Fsp3) is 0.294. The van der Waals surface area contributed by atoms with Gasteiger partial charge in [-0.15, -0.1) is 0 Å².